The summed E-state index contributed by atoms with van der Waals surface area (Å²) in [6.45, 7) is 8.33. The van der Waals surface area contributed by atoms with Crippen molar-refractivity contribution in [2.45, 2.75) is 40.2 Å². The van der Waals surface area contributed by atoms with E-state index in [0.29, 0.717) is 11.8 Å². The predicted octanol–water partition coefficient (Wildman–Crippen LogP) is 2.23. The Balaban J connectivity index is 2.70. The summed E-state index contributed by atoms with van der Waals surface area (Å²) in [7, 11) is 0. The van der Waals surface area contributed by atoms with E-state index in [9.17, 15) is 4.79 Å². The largest absolute Gasteiger partial charge is 0.462 e. The average molecular weight is 170 g/mol. The molecule has 1 rings (SSSR count). The molecular formula is C10H18O2. The molecule has 0 aromatic heterocycles. The van der Waals surface area contributed by atoms with Crippen molar-refractivity contribution in [2.24, 2.45) is 17.8 Å². The molecule has 1 fully saturated rings. The first kappa shape index (κ1) is 9.56. The molecule has 0 radical (unpaired) electrons. The van der Waals surface area contributed by atoms with Crippen LogP contribution in [-0.2, 0) is 9.53 Å². The molecule has 0 aliphatic carbocycles. The van der Waals surface area contributed by atoms with Crippen LogP contribution in [0.25, 0.3) is 0 Å². The van der Waals surface area contributed by atoms with E-state index in [4.69, 9.17) is 4.74 Å². The molecule has 0 spiro atoms. The van der Waals surface area contributed by atoms with E-state index in [0.717, 1.165) is 6.42 Å². The van der Waals surface area contributed by atoms with Crippen LogP contribution in [0.1, 0.15) is 34.1 Å². The van der Waals surface area contributed by atoms with Gasteiger partial charge in [-0.15, -0.1) is 0 Å². The molecule has 1 aliphatic rings. The fourth-order valence-electron chi connectivity index (χ4n) is 1.83. The summed E-state index contributed by atoms with van der Waals surface area (Å²) < 4.78 is 5.29. The van der Waals surface area contributed by atoms with Crippen molar-refractivity contribution < 1.29 is 9.53 Å². The highest BCUT2D eigenvalue weighted by atomic mass is 16.5. The Bertz CT molecular complexity index is 175. The van der Waals surface area contributed by atoms with Crippen molar-refractivity contribution in [1.29, 1.82) is 0 Å². The molecule has 1 saturated heterocycles. The SMILES string of the molecule is CC[C@H]1OC(=O)[C@H](C)[C@@H](C)[C@@H]1C. The molecule has 1 heterocycles. The Morgan fingerprint density at radius 1 is 1.25 bits per heavy atom. The summed E-state index contributed by atoms with van der Waals surface area (Å²) in [6, 6.07) is 0. The zero-order valence-electron chi connectivity index (χ0n) is 8.33. The maximum atomic E-state index is 11.3. The van der Waals surface area contributed by atoms with Crippen molar-refractivity contribution in [2.75, 3.05) is 0 Å². The Morgan fingerprint density at radius 3 is 2.33 bits per heavy atom. The molecule has 0 N–H and O–H groups in total. The van der Waals surface area contributed by atoms with Crippen LogP contribution in [0.3, 0.4) is 0 Å². The normalized spacial score (nSPS) is 42.5. The van der Waals surface area contributed by atoms with Crippen LogP contribution in [0.5, 0.6) is 0 Å². The highest BCUT2D eigenvalue weighted by Gasteiger charge is 2.37. The highest BCUT2D eigenvalue weighted by molar-refractivity contribution is 5.73. The first-order valence-corrected chi connectivity index (χ1v) is 4.78. The Hall–Kier alpha value is -0.530. The molecule has 2 heteroatoms. The third-order valence-corrected chi connectivity index (χ3v) is 3.25. The first-order valence-electron chi connectivity index (χ1n) is 4.78. The molecule has 0 bridgehead atoms. The van der Waals surface area contributed by atoms with E-state index in [2.05, 4.69) is 20.8 Å². The molecule has 0 aromatic carbocycles. The third kappa shape index (κ3) is 1.47. The Kier molecular flexibility index (Phi) is 2.76. The van der Waals surface area contributed by atoms with Gasteiger partial charge in [-0.1, -0.05) is 27.7 Å². The summed E-state index contributed by atoms with van der Waals surface area (Å²) in [5.41, 5.74) is 0. The fraction of sp³-hybridized carbons (Fsp3) is 0.900. The zero-order chi connectivity index (χ0) is 9.30. The molecule has 1 aliphatic heterocycles. The molecule has 0 saturated carbocycles. The standard InChI is InChI=1S/C10H18O2/c1-5-9-7(3)6(2)8(4)10(11)12-9/h6-9H,5H2,1-4H3/t6-,7-,8+,9+/m0/s1. The summed E-state index contributed by atoms with van der Waals surface area (Å²) in [4.78, 5) is 11.3. The predicted molar refractivity (Wildman–Crippen MR) is 47.7 cm³/mol. The van der Waals surface area contributed by atoms with Crippen LogP contribution < -0.4 is 0 Å². The van der Waals surface area contributed by atoms with Gasteiger partial charge in [0.2, 0.25) is 0 Å². The quantitative estimate of drug-likeness (QED) is 0.564. The van der Waals surface area contributed by atoms with Crippen LogP contribution in [-0.4, -0.2) is 12.1 Å². The number of esters is 1. The third-order valence-electron chi connectivity index (χ3n) is 3.25. The first-order chi connectivity index (χ1) is 5.57. The van der Waals surface area contributed by atoms with Crippen LogP contribution in [0.15, 0.2) is 0 Å². The lowest BCUT2D eigenvalue weighted by atomic mass is 9.79. The van der Waals surface area contributed by atoms with Gasteiger partial charge in [-0.25, -0.2) is 0 Å². The van der Waals surface area contributed by atoms with E-state index in [1.807, 2.05) is 6.92 Å². The van der Waals surface area contributed by atoms with E-state index >= 15 is 0 Å². The number of carbonyl (C=O) groups excluding carboxylic acids is 1. The highest BCUT2D eigenvalue weighted by Crippen LogP contribution is 2.32. The van der Waals surface area contributed by atoms with Gasteiger partial charge in [0.25, 0.3) is 0 Å². The number of carbonyl (C=O) groups is 1. The molecule has 0 unspecified atom stereocenters. The van der Waals surface area contributed by atoms with Crippen molar-refractivity contribution in [3.63, 3.8) is 0 Å². The van der Waals surface area contributed by atoms with Gasteiger partial charge in [-0.3, -0.25) is 4.79 Å². The lowest BCUT2D eigenvalue weighted by molar-refractivity contribution is -0.169. The second-order valence-electron chi connectivity index (χ2n) is 3.89. The van der Waals surface area contributed by atoms with Gasteiger partial charge in [0, 0.05) is 0 Å². The second kappa shape index (κ2) is 3.46. The maximum Gasteiger partial charge on any atom is 0.309 e. The lowest BCUT2D eigenvalue weighted by Crippen LogP contribution is -2.41. The Labute approximate surface area is 74.3 Å². The smallest absolute Gasteiger partial charge is 0.309 e. The van der Waals surface area contributed by atoms with Gasteiger partial charge in [0.15, 0.2) is 0 Å². The van der Waals surface area contributed by atoms with Gasteiger partial charge in [-0.05, 0) is 18.3 Å². The van der Waals surface area contributed by atoms with Crippen LogP contribution in [0.4, 0.5) is 0 Å². The number of ether oxygens (including phenoxy) is 1. The van der Waals surface area contributed by atoms with E-state index in [1.54, 1.807) is 0 Å². The average Bonchev–Trinajstić information content (AvgIpc) is 2.08. The molecule has 4 atom stereocenters. The van der Waals surface area contributed by atoms with E-state index in [-0.39, 0.29) is 18.0 Å². The van der Waals surface area contributed by atoms with Crippen molar-refractivity contribution in [3.05, 3.63) is 0 Å². The van der Waals surface area contributed by atoms with E-state index < -0.39 is 0 Å². The van der Waals surface area contributed by atoms with Gasteiger partial charge in [0.1, 0.15) is 6.10 Å². The minimum atomic E-state index is -0.0209. The van der Waals surface area contributed by atoms with Crippen LogP contribution >= 0.6 is 0 Å². The van der Waals surface area contributed by atoms with Gasteiger partial charge < -0.3 is 4.74 Å². The molecule has 2 nitrogen and oxygen atoms in total. The molecule has 0 aromatic rings. The fourth-order valence-corrected chi connectivity index (χ4v) is 1.83. The Morgan fingerprint density at radius 2 is 1.83 bits per heavy atom. The molecule has 12 heavy (non-hydrogen) atoms. The summed E-state index contributed by atoms with van der Waals surface area (Å²) >= 11 is 0. The summed E-state index contributed by atoms with van der Waals surface area (Å²) in [5.74, 6) is 1.01. The van der Waals surface area contributed by atoms with Crippen molar-refractivity contribution >= 4 is 5.97 Å². The van der Waals surface area contributed by atoms with Crippen LogP contribution in [0, 0.1) is 17.8 Å². The van der Waals surface area contributed by atoms with Crippen LogP contribution in [0.2, 0.25) is 0 Å². The molecule has 0 amide bonds. The molecule has 70 valence electrons. The second-order valence-corrected chi connectivity index (χ2v) is 3.89. The number of rotatable bonds is 1. The number of hydrogen-bond acceptors (Lipinski definition) is 2. The van der Waals surface area contributed by atoms with Gasteiger partial charge >= 0.3 is 5.97 Å². The zero-order valence-corrected chi connectivity index (χ0v) is 8.33. The van der Waals surface area contributed by atoms with Crippen molar-refractivity contribution in [3.8, 4) is 0 Å². The van der Waals surface area contributed by atoms with Gasteiger partial charge in [-0.2, -0.15) is 0 Å². The maximum absolute atomic E-state index is 11.3. The monoisotopic (exact) mass is 170 g/mol. The summed E-state index contributed by atoms with van der Waals surface area (Å²) in [6.07, 6.45) is 1.08. The topological polar surface area (TPSA) is 26.3 Å². The van der Waals surface area contributed by atoms with Crippen molar-refractivity contribution in [1.82, 2.24) is 0 Å². The lowest BCUT2D eigenvalue weighted by Gasteiger charge is -2.36. The minimum absolute atomic E-state index is 0.0209. The van der Waals surface area contributed by atoms with Gasteiger partial charge in [0.05, 0.1) is 5.92 Å². The number of hydrogen-bond donors (Lipinski definition) is 0. The number of cyclic esters (lactones) is 1. The minimum Gasteiger partial charge on any atom is -0.462 e. The summed E-state index contributed by atoms with van der Waals surface area (Å²) in [5, 5.41) is 0. The molecular weight excluding hydrogens is 152 g/mol. The van der Waals surface area contributed by atoms with E-state index in [1.165, 1.54) is 0 Å².